The molecule has 0 radical (unpaired) electrons. The second-order valence-corrected chi connectivity index (χ2v) is 4.64. The summed E-state index contributed by atoms with van der Waals surface area (Å²) in [5, 5.41) is 3.50. The van der Waals surface area contributed by atoms with Crippen LogP contribution >= 0.6 is 0 Å². The molecule has 2 rings (SSSR count). The number of hydrogen-bond acceptors (Lipinski definition) is 2. The Bertz CT molecular complexity index is 322. The minimum absolute atomic E-state index is 0.435. The lowest BCUT2D eigenvalue weighted by atomic mass is 10.0. The summed E-state index contributed by atoms with van der Waals surface area (Å²) in [5.41, 5.74) is 4.18. The van der Waals surface area contributed by atoms with E-state index in [0.29, 0.717) is 6.10 Å². The molecular weight excluding hydrogens is 198 g/mol. The van der Waals surface area contributed by atoms with Gasteiger partial charge in [-0.2, -0.15) is 0 Å². The zero-order chi connectivity index (χ0) is 11.4. The van der Waals surface area contributed by atoms with Crippen molar-refractivity contribution in [1.82, 2.24) is 5.32 Å². The molecule has 1 N–H and O–H groups in total. The van der Waals surface area contributed by atoms with Gasteiger partial charge in [-0.15, -0.1) is 0 Å². The lowest BCUT2D eigenvalue weighted by molar-refractivity contribution is 0.110. The second kappa shape index (κ2) is 5.46. The third-order valence-corrected chi connectivity index (χ3v) is 3.34. The van der Waals surface area contributed by atoms with E-state index in [1.165, 1.54) is 29.5 Å². The Labute approximate surface area is 98.0 Å². The maximum absolute atomic E-state index is 5.59. The van der Waals surface area contributed by atoms with Gasteiger partial charge in [-0.05, 0) is 43.4 Å². The highest BCUT2D eigenvalue weighted by atomic mass is 16.5. The molecule has 1 aromatic carbocycles. The molecule has 0 amide bonds. The number of benzene rings is 1. The van der Waals surface area contributed by atoms with Crippen LogP contribution in [-0.2, 0) is 11.3 Å². The van der Waals surface area contributed by atoms with Crippen molar-refractivity contribution < 1.29 is 4.74 Å². The van der Waals surface area contributed by atoms with Crippen LogP contribution < -0.4 is 5.32 Å². The van der Waals surface area contributed by atoms with Gasteiger partial charge in [-0.25, -0.2) is 0 Å². The molecule has 0 bridgehead atoms. The first-order valence-corrected chi connectivity index (χ1v) is 6.15. The fraction of sp³-hybridized carbons (Fsp3) is 0.571. The van der Waals surface area contributed by atoms with E-state index in [2.05, 4.69) is 37.4 Å². The van der Waals surface area contributed by atoms with Crippen molar-refractivity contribution in [1.29, 1.82) is 0 Å². The van der Waals surface area contributed by atoms with Crippen LogP contribution in [0.3, 0.4) is 0 Å². The highest BCUT2D eigenvalue weighted by Gasteiger charge is 2.14. The quantitative estimate of drug-likeness (QED) is 0.840. The molecule has 1 atom stereocenters. The van der Waals surface area contributed by atoms with Crippen LogP contribution in [-0.4, -0.2) is 19.3 Å². The molecule has 1 unspecified atom stereocenters. The molecule has 0 aromatic heterocycles. The van der Waals surface area contributed by atoms with Crippen LogP contribution in [0.15, 0.2) is 18.2 Å². The Morgan fingerprint density at radius 1 is 1.31 bits per heavy atom. The molecule has 1 aromatic rings. The summed E-state index contributed by atoms with van der Waals surface area (Å²) in [6.45, 7) is 7.23. The van der Waals surface area contributed by atoms with Gasteiger partial charge < -0.3 is 10.1 Å². The van der Waals surface area contributed by atoms with E-state index in [-0.39, 0.29) is 0 Å². The number of ether oxygens (including phenoxy) is 1. The van der Waals surface area contributed by atoms with Crippen molar-refractivity contribution in [3.63, 3.8) is 0 Å². The first kappa shape index (κ1) is 11.6. The average Bonchev–Trinajstić information content (AvgIpc) is 2.75. The van der Waals surface area contributed by atoms with Crippen molar-refractivity contribution in [3.8, 4) is 0 Å². The van der Waals surface area contributed by atoms with E-state index in [4.69, 9.17) is 4.74 Å². The maximum Gasteiger partial charge on any atom is 0.0700 e. The molecule has 1 aliphatic rings. The molecule has 1 aliphatic heterocycles. The van der Waals surface area contributed by atoms with E-state index >= 15 is 0 Å². The summed E-state index contributed by atoms with van der Waals surface area (Å²) < 4.78 is 5.59. The molecule has 0 spiro atoms. The Morgan fingerprint density at radius 3 is 2.69 bits per heavy atom. The van der Waals surface area contributed by atoms with Crippen LogP contribution in [0.4, 0.5) is 0 Å². The first-order valence-electron chi connectivity index (χ1n) is 6.15. The summed E-state index contributed by atoms with van der Waals surface area (Å²) >= 11 is 0. The monoisotopic (exact) mass is 219 g/mol. The zero-order valence-corrected chi connectivity index (χ0v) is 10.3. The normalized spacial score (nSPS) is 20.2. The summed E-state index contributed by atoms with van der Waals surface area (Å²) in [4.78, 5) is 0. The summed E-state index contributed by atoms with van der Waals surface area (Å²) in [7, 11) is 0. The Balaban J connectivity index is 1.84. The van der Waals surface area contributed by atoms with E-state index in [0.717, 1.165) is 19.7 Å². The van der Waals surface area contributed by atoms with Gasteiger partial charge in [0.25, 0.3) is 0 Å². The van der Waals surface area contributed by atoms with Gasteiger partial charge in [-0.1, -0.05) is 18.2 Å². The van der Waals surface area contributed by atoms with Crippen LogP contribution in [0.25, 0.3) is 0 Å². The predicted octanol–water partition coefficient (Wildman–Crippen LogP) is 2.57. The molecule has 1 saturated heterocycles. The van der Waals surface area contributed by atoms with Crippen LogP contribution in [0.2, 0.25) is 0 Å². The summed E-state index contributed by atoms with van der Waals surface area (Å²) in [6.07, 6.45) is 2.86. The fourth-order valence-electron chi connectivity index (χ4n) is 2.29. The van der Waals surface area contributed by atoms with Gasteiger partial charge >= 0.3 is 0 Å². The van der Waals surface area contributed by atoms with Crippen molar-refractivity contribution in [3.05, 3.63) is 34.9 Å². The zero-order valence-electron chi connectivity index (χ0n) is 10.3. The van der Waals surface area contributed by atoms with Gasteiger partial charge in [0.2, 0.25) is 0 Å². The maximum atomic E-state index is 5.59. The second-order valence-electron chi connectivity index (χ2n) is 4.64. The van der Waals surface area contributed by atoms with Crippen molar-refractivity contribution in [2.24, 2.45) is 0 Å². The minimum atomic E-state index is 0.435. The Morgan fingerprint density at radius 2 is 2.06 bits per heavy atom. The number of rotatable bonds is 4. The molecule has 0 saturated carbocycles. The van der Waals surface area contributed by atoms with Crippen LogP contribution in [0, 0.1) is 13.8 Å². The van der Waals surface area contributed by atoms with Crippen molar-refractivity contribution in [2.75, 3.05) is 13.2 Å². The highest BCUT2D eigenvalue weighted by Crippen LogP contribution is 2.14. The van der Waals surface area contributed by atoms with Gasteiger partial charge in [0.15, 0.2) is 0 Å². The highest BCUT2D eigenvalue weighted by molar-refractivity contribution is 5.33. The Kier molecular flexibility index (Phi) is 3.97. The lowest BCUT2D eigenvalue weighted by Crippen LogP contribution is -2.26. The molecule has 2 heteroatoms. The van der Waals surface area contributed by atoms with Gasteiger partial charge in [-0.3, -0.25) is 0 Å². The molecule has 16 heavy (non-hydrogen) atoms. The van der Waals surface area contributed by atoms with E-state index < -0.39 is 0 Å². The number of nitrogens with one attached hydrogen (secondary N) is 1. The fourth-order valence-corrected chi connectivity index (χ4v) is 2.29. The molecular formula is C14H21NO. The van der Waals surface area contributed by atoms with Crippen LogP contribution in [0.1, 0.15) is 29.5 Å². The van der Waals surface area contributed by atoms with Gasteiger partial charge in [0.05, 0.1) is 6.10 Å². The Hall–Kier alpha value is -0.860. The SMILES string of the molecule is Cc1cccc(C)c1CNCC1CCCO1. The number of hydrogen-bond donors (Lipinski definition) is 1. The van der Waals surface area contributed by atoms with Crippen molar-refractivity contribution >= 4 is 0 Å². The standard InChI is InChI=1S/C14H21NO/c1-11-5-3-6-12(2)14(11)10-15-9-13-7-4-8-16-13/h3,5-6,13,15H,4,7-10H2,1-2H3. The van der Waals surface area contributed by atoms with Gasteiger partial charge in [0.1, 0.15) is 0 Å². The lowest BCUT2D eigenvalue weighted by Gasteiger charge is -2.13. The van der Waals surface area contributed by atoms with Crippen molar-refractivity contribution in [2.45, 2.75) is 39.3 Å². The molecule has 1 fully saturated rings. The van der Waals surface area contributed by atoms with E-state index in [1.807, 2.05) is 0 Å². The molecule has 2 nitrogen and oxygen atoms in total. The summed E-state index contributed by atoms with van der Waals surface area (Å²) in [5.74, 6) is 0. The third kappa shape index (κ3) is 2.83. The third-order valence-electron chi connectivity index (χ3n) is 3.34. The molecule has 0 aliphatic carbocycles. The predicted molar refractivity (Wildman–Crippen MR) is 66.6 cm³/mol. The number of aryl methyl sites for hydroxylation is 2. The van der Waals surface area contributed by atoms with Crippen LogP contribution in [0.5, 0.6) is 0 Å². The molecule has 1 heterocycles. The smallest absolute Gasteiger partial charge is 0.0700 e. The first-order chi connectivity index (χ1) is 7.77. The average molecular weight is 219 g/mol. The van der Waals surface area contributed by atoms with E-state index in [1.54, 1.807) is 0 Å². The topological polar surface area (TPSA) is 21.3 Å². The summed E-state index contributed by atoms with van der Waals surface area (Å²) in [6, 6.07) is 6.47. The van der Waals surface area contributed by atoms with E-state index in [9.17, 15) is 0 Å². The largest absolute Gasteiger partial charge is 0.377 e. The van der Waals surface area contributed by atoms with Gasteiger partial charge in [0, 0.05) is 19.7 Å². The minimum Gasteiger partial charge on any atom is -0.377 e. The molecule has 88 valence electrons.